The number of anilines is 1. The van der Waals surface area contributed by atoms with E-state index in [0.29, 0.717) is 11.5 Å². The van der Waals surface area contributed by atoms with Crippen LogP contribution in [0.3, 0.4) is 0 Å². The van der Waals surface area contributed by atoms with Gasteiger partial charge in [-0.1, -0.05) is 30.3 Å². The van der Waals surface area contributed by atoms with Crippen molar-refractivity contribution in [2.75, 3.05) is 11.7 Å². The molecule has 0 bridgehead atoms. The molecule has 0 saturated carbocycles. The highest BCUT2D eigenvalue weighted by Crippen LogP contribution is 2.33. The van der Waals surface area contributed by atoms with Gasteiger partial charge in [-0.15, -0.1) is 0 Å². The zero-order valence-electron chi connectivity index (χ0n) is 13.3. The molecule has 1 atom stereocenters. The van der Waals surface area contributed by atoms with Crippen molar-refractivity contribution in [3.05, 3.63) is 65.7 Å². The van der Waals surface area contributed by atoms with Gasteiger partial charge in [0.25, 0.3) is 5.91 Å². The molecule has 0 fully saturated rings. The maximum absolute atomic E-state index is 12.7. The Kier molecular flexibility index (Phi) is 3.71. The average Bonchev–Trinajstić information content (AvgIpc) is 3.13. The molecule has 122 valence electrons. The number of hydrogen-bond donors (Lipinski definition) is 0. The quantitative estimate of drug-likeness (QED) is 0.792. The molecule has 1 amide bonds. The van der Waals surface area contributed by atoms with E-state index < -0.39 is 6.04 Å². The van der Waals surface area contributed by atoms with Crippen molar-refractivity contribution in [3.63, 3.8) is 0 Å². The molecule has 25 heavy (non-hydrogen) atoms. The second-order valence-electron chi connectivity index (χ2n) is 5.65. The Morgan fingerprint density at radius 2 is 2.04 bits per heavy atom. The lowest BCUT2D eigenvalue weighted by molar-refractivity contribution is -0.114. The van der Waals surface area contributed by atoms with Gasteiger partial charge < -0.3 is 9.47 Å². The normalized spacial score (nSPS) is 17.4. The van der Waals surface area contributed by atoms with Crippen LogP contribution >= 0.6 is 0 Å². The van der Waals surface area contributed by atoms with Crippen LogP contribution in [0.5, 0.6) is 11.5 Å². The van der Waals surface area contributed by atoms with E-state index in [0.717, 1.165) is 16.8 Å². The molecule has 2 aliphatic rings. The first-order valence-corrected chi connectivity index (χ1v) is 7.84. The lowest BCUT2D eigenvalue weighted by Gasteiger charge is -2.29. The first-order chi connectivity index (χ1) is 12.3. The second kappa shape index (κ2) is 6.17. The van der Waals surface area contributed by atoms with Crippen molar-refractivity contribution in [2.45, 2.75) is 6.04 Å². The number of fused-ring (bicyclic) bond motifs is 2. The number of nitrogens with zero attached hydrogens (tertiary/aromatic N) is 2. The molecule has 2 aromatic carbocycles. The predicted octanol–water partition coefficient (Wildman–Crippen LogP) is 3.38. The van der Waals surface area contributed by atoms with E-state index in [1.807, 2.05) is 48.5 Å². The van der Waals surface area contributed by atoms with Gasteiger partial charge in [0.2, 0.25) is 6.79 Å². The summed E-state index contributed by atoms with van der Waals surface area (Å²) < 4.78 is 10.6. The van der Waals surface area contributed by atoms with Crippen LogP contribution in [0.1, 0.15) is 11.1 Å². The fraction of sp³-hybridized carbons (Fsp3) is 0.100. The molecule has 5 heteroatoms. The van der Waals surface area contributed by atoms with Crippen molar-refractivity contribution in [1.29, 1.82) is 5.26 Å². The molecule has 0 N–H and O–H groups in total. The lowest BCUT2D eigenvalue weighted by atomic mass is 10.0. The summed E-state index contributed by atoms with van der Waals surface area (Å²) in [6.07, 6.45) is 6.78. The van der Waals surface area contributed by atoms with Gasteiger partial charge in [-0.05, 0) is 41.5 Å². The summed E-state index contributed by atoms with van der Waals surface area (Å²) in [5, 5.41) is 9.38. The summed E-state index contributed by atoms with van der Waals surface area (Å²) in [6, 6.07) is 14.5. The van der Waals surface area contributed by atoms with Crippen LogP contribution in [-0.2, 0) is 4.79 Å². The molecule has 4 rings (SSSR count). The number of carbonyl (C=O) groups is 1. The Bertz CT molecular complexity index is 940. The van der Waals surface area contributed by atoms with E-state index in [2.05, 4.69) is 6.07 Å². The molecule has 1 unspecified atom stereocenters. The van der Waals surface area contributed by atoms with Gasteiger partial charge in [-0.2, -0.15) is 5.26 Å². The number of ether oxygens (including phenoxy) is 2. The highest BCUT2D eigenvalue weighted by molar-refractivity contribution is 6.07. The Hall–Kier alpha value is -3.52. The molecule has 0 aliphatic carbocycles. The van der Waals surface area contributed by atoms with Crippen molar-refractivity contribution < 1.29 is 14.3 Å². The maximum atomic E-state index is 12.7. The first kappa shape index (κ1) is 15.0. The van der Waals surface area contributed by atoms with Gasteiger partial charge >= 0.3 is 0 Å². The third kappa shape index (κ3) is 2.74. The van der Waals surface area contributed by atoms with E-state index in [1.54, 1.807) is 12.2 Å². The number of hydrogen-bond acceptors (Lipinski definition) is 4. The molecule has 2 heterocycles. The van der Waals surface area contributed by atoms with Crippen LogP contribution in [-0.4, -0.2) is 18.7 Å². The maximum Gasteiger partial charge on any atom is 0.252 e. The van der Waals surface area contributed by atoms with Crippen molar-refractivity contribution in [2.24, 2.45) is 0 Å². The van der Waals surface area contributed by atoms with Crippen molar-refractivity contribution >= 4 is 23.7 Å². The van der Waals surface area contributed by atoms with Gasteiger partial charge in [0.15, 0.2) is 11.5 Å². The fourth-order valence-corrected chi connectivity index (χ4v) is 2.90. The number of benzene rings is 2. The SMILES string of the molecule is N#CC1C=Cc2ccccc2N1C(=O)C=Cc1ccc2c(c1)OCO2. The van der Waals surface area contributed by atoms with Crippen LogP contribution < -0.4 is 14.4 Å². The van der Waals surface area contributed by atoms with Crippen LogP contribution in [0, 0.1) is 11.3 Å². The van der Waals surface area contributed by atoms with E-state index in [1.165, 1.54) is 11.0 Å². The van der Waals surface area contributed by atoms with E-state index in [4.69, 9.17) is 9.47 Å². The molecular formula is C20H14N2O3. The Labute approximate surface area is 145 Å². The highest BCUT2D eigenvalue weighted by Gasteiger charge is 2.26. The van der Waals surface area contributed by atoms with Gasteiger partial charge in [0.1, 0.15) is 6.04 Å². The third-order valence-corrected chi connectivity index (χ3v) is 4.12. The van der Waals surface area contributed by atoms with Crippen molar-refractivity contribution in [3.8, 4) is 17.6 Å². The Balaban J connectivity index is 1.61. The molecule has 0 saturated heterocycles. The molecule has 0 aromatic heterocycles. The zero-order valence-corrected chi connectivity index (χ0v) is 13.3. The summed E-state index contributed by atoms with van der Waals surface area (Å²) in [5.41, 5.74) is 2.47. The number of rotatable bonds is 2. The average molecular weight is 330 g/mol. The van der Waals surface area contributed by atoms with Crippen LogP contribution in [0.25, 0.3) is 12.2 Å². The minimum Gasteiger partial charge on any atom is -0.454 e. The number of carbonyl (C=O) groups excluding carboxylic acids is 1. The number of para-hydroxylation sites is 1. The first-order valence-electron chi connectivity index (χ1n) is 7.84. The molecular weight excluding hydrogens is 316 g/mol. The summed E-state index contributed by atoms with van der Waals surface area (Å²) in [6.45, 7) is 0.210. The Morgan fingerprint density at radius 1 is 1.20 bits per heavy atom. The summed E-state index contributed by atoms with van der Waals surface area (Å²) >= 11 is 0. The largest absolute Gasteiger partial charge is 0.454 e. The van der Waals surface area contributed by atoms with E-state index >= 15 is 0 Å². The molecule has 0 radical (unpaired) electrons. The fourth-order valence-electron chi connectivity index (χ4n) is 2.90. The minimum absolute atomic E-state index is 0.210. The molecule has 0 spiro atoms. The van der Waals surface area contributed by atoms with Crippen LogP contribution in [0.15, 0.2) is 54.6 Å². The smallest absolute Gasteiger partial charge is 0.252 e. The standard InChI is InChI=1S/C20H14N2O3/c21-12-16-8-7-15-3-1-2-4-17(15)22(16)20(23)10-6-14-5-9-18-19(11-14)25-13-24-18/h1-11,16H,13H2. The van der Waals surface area contributed by atoms with Gasteiger partial charge in [0, 0.05) is 6.08 Å². The summed E-state index contributed by atoms with van der Waals surface area (Å²) in [5.74, 6) is 1.11. The zero-order chi connectivity index (χ0) is 17.2. The molecule has 2 aromatic rings. The topological polar surface area (TPSA) is 62.6 Å². The van der Waals surface area contributed by atoms with Gasteiger partial charge in [-0.3, -0.25) is 9.69 Å². The van der Waals surface area contributed by atoms with E-state index in [-0.39, 0.29) is 12.7 Å². The number of amides is 1. The molecule has 2 aliphatic heterocycles. The van der Waals surface area contributed by atoms with Crippen molar-refractivity contribution in [1.82, 2.24) is 0 Å². The highest BCUT2D eigenvalue weighted by atomic mass is 16.7. The van der Waals surface area contributed by atoms with Crippen LogP contribution in [0.2, 0.25) is 0 Å². The summed E-state index contributed by atoms with van der Waals surface area (Å²) in [7, 11) is 0. The second-order valence-corrected chi connectivity index (χ2v) is 5.65. The summed E-state index contributed by atoms with van der Waals surface area (Å²) in [4.78, 5) is 14.2. The molecule has 5 nitrogen and oxygen atoms in total. The Morgan fingerprint density at radius 3 is 2.92 bits per heavy atom. The monoisotopic (exact) mass is 330 g/mol. The third-order valence-electron chi connectivity index (χ3n) is 4.12. The minimum atomic E-state index is -0.621. The predicted molar refractivity (Wildman–Crippen MR) is 94.0 cm³/mol. The lowest BCUT2D eigenvalue weighted by Crippen LogP contribution is -2.39. The van der Waals surface area contributed by atoms with E-state index in [9.17, 15) is 10.1 Å². The van der Waals surface area contributed by atoms with Gasteiger partial charge in [0.05, 0.1) is 11.8 Å². The van der Waals surface area contributed by atoms with Gasteiger partial charge in [-0.25, -0.2) is 0 Å². The number of nitriles is 1. The van der Waals surface area contributed by atoms with Crippen LogP contribution in [0.4, 0.5) is 5.69 Å².